The lowest BCUT2D eigenvalue weighted by Gasteiger charge is -2.09. The van der Waals surface area contributed by atoms with Crippen molar-refractivity contribution in [3.8, 4) is 0 Å². The van der Waals surface area contributed by atoms with Gasteiger partial charge >= 0.3 is 0 Å². The number of benzene rings is 1. The molecule has 0 aliphatic heterocycles. The lowest BCUT2D eigenvalue weighted by atomic mass is 10.3. The lowest BCUT2D eigenvalue weighted by molar-refractivity contribution is 1.21. The molecular weight excluding hydrogens is 287 g/mol. The van der Waals surface area contributed by atoms with Gasteiger partial charge in [0.2, 0.25) is 5.95 Å². The first-order chi connectivity index (χ1) is 9.15. The van der Waals surface area contributed by atoms with Gasteiger partial charge in [-0.3, -0.25) is 0 Å². The zero-order valence-electron chi connectivity index (χ0n) is 9.48. The van der Waals surface area contributed by atoms with E-state index >= 15 is 0 Å². The second-order valence-corrected chi connectivity index (χ2v) is 4.54. The maximum Gasteiger partial charge on any atom is 0.224 e. The molecule has 0 spiro atoms. The molecule has 8 heteroatoms. The molecular formula is C11H8Cl2N6. The van der Waals surface area contributed by atoms with Gasteiger partial charge in [-0.15, -0.1) is 0 Å². The van der Waals surface area contributed by atoms with Gasteiger partial charge in [0.05, 0.1) is 22.1 Å². The first-order valence-corrected chi connectivity index (χ1v) is 6.08. The van der Waals surface area contributed by atoms with E-state index in [9.17, 15) is 0 Å². The number of rotatable bonds is 2. The van der Waals surface area contributed by atoms with Crippen molar-refractivity contribution in [3.63, 3.8) is 0 Å². The summed E-state index contributed by atoms with van der Waals surface area (Å²) in [6, 6.07) is 5.27. The maximum atomic E-state index is 6.11. The molecule has 0 amide bonds. The average molecular weight is 295 g/mol. The summed E-state index contributed by atoms with van der Waals surface area (Å²) in [5.74, 6) is 0.615. The van der Waals surface area contributed by atoms with Gasteiger partial charge in [0.1, 0.15) is 5.52 Å². The minimum Gasteiger partial charge on any atom is -0.368 e. The highest BCUT2D eigenvalue weighted by Gasteiger charge is 2.11. The van der Waals surface area contributed by atoms with E-state index in [0.717, 1.165) is 0 Å². The van der Waals surface area contributed by atoms with Crippen molar-refractivity contribution in [1.82, 2.24) is 19.9 Å². The smallest absolute Gasteiger partial charge is 0.224 e. The molecule has 1 aromatic carbocycles. The highest BCUT2D eigenvalue weighted by Crippen LogP contribution is 2.32. The van der Waals surface area contributed by atoms with Gasteiger partial charge in [-0.05, 0) is 12.1 Å². The second-order valence-electron chi connectivity index (χ2n) is 3.76. The number of anilines is 3. The number of aromatic nitrogens is 4. The number of nitrogens with zero attached hydrogens (tertiary/aromatic N) is 3. The number of hydrogen-bond donors (Lipinski definition) is 3. The maximum absolute atomic E-state index is 6.11. The van der Waals surface area contributed by atoms with E-state index in [-0.39, 0.29) is 5.95 Å². The highest BCUT2D eigenvalue weighted by atomic mass is 35.5. The summed E-state index contributed by atoms with van der Waals surface area (Å²) in [4.78, 5) is 15.1. The second kappa shape index (κ2) is 4.56. The van der Waals surface area contributed by atoms with Gasteiger partial charge in [-0.25, -0.2) is 4.98 Å². The van der Waals surface area contributed by atoms with Gasteiger partial charge < -0.3 is 16.0 Å². The van der Waals surface area contributed by atoms with Crippen LogP contribution in [-0.2, 0) is 0 Å². The topological polar surface area (TPSA) is 92.5 Å². The molecule has 0 saturated heterocycles. The SMILES string of the molecule is Nc1nc(Nc2cccc(Cl)c2Cl)c2[nH]cnc2n1. The first kappa shape index (κ1) is 12.0. The van der Waals surface area contributed by atoms with E-state index in [1.54, 1.807) is 18.2 Å². The van der Waals surface area contributed by atoms with Crippen LogP contribution in [-0.4, -0.2) is 19.9 Å². The molecule has 0 aliphatic rings. The van der Waals surface area contributed by atoms with E-state index < -0.39 is 0 Å². The van der Waals surface area contributed by atoms with Crippen molar-refractivity contribution in [2.45, 2.75) is 0 Å². The highest BCUT2D eigenvalue weighted by molar-refractivity contribution is 6.43. The zero-order valence-corrected chi connectivity index (χ0v) is 11.0. The van der Waals surface area contributed by atoms with Crippen LogP contribution in [0.5, 0.6) is 0 Å². The van der Waals surface area contributed by atoms with Crippen LogP contribution >= 0.6 is 23.2 Å². The molecule has 0 unspecified atom stereocenters. The molecule has 3 rings (SSSR count). The fourth-order valence-electron chi connectivity index (χ4n) is 1.67. The van der Waals surface area contributed by atoms with Crippen LogP contribution in [0.15, 0.2) is 24.5 Å². The molecule has 2 heterocycles. The lowest BCUT2D eigenvalue weighted by Crippen LogP contribution is -2.01. The van der Waals surface area contributed by atoms with E-state index in [2.05, 4.69) is 25.3 Å². The molecule has 96 valence electrons. The molecule has 0 atom stereocenters. The van der Waals surface area contributed by atoms with Crippen LogP contribution in [0, 0.1) is 0 Å². The molecule has 2 aromatic heterocycles. The van der Waals surface area contributed by atoms with Crippen LogP contribution < -0.4 is 11.1 Å². The fourth-order valence-corrected chi connectivity index (χ4v) is 2.02. The van der Waals surface area contributed by atoms with E-state index in [4.69, 9.17) is 28.9 Å². The average Bonchev–Trinajstić information content (AvgIpc) is 2.83. The Morgan fingerprint density at radius 1 is 1.21 bits per heavy atom. The van der Waals surface area contributed by atoms with Crippen LogP contribution in [0.4, 0.5) is 17.5 Å². The van der Waals surface area contributed by atoms with Gasteiger partial charge in [-0.2, -0.15) is 9.97 Å². The van der Waals surface area contributed by atoms with Crippen LogP contribution in [0.25, 0.3) is 11.2 Å². The van der Waals surface area contributed by atoms with Crippen LogP contribution in [0.2, 0.25) is 10.0 Å². The predicted molar refractivity (Wildman–Crippen MR) is 75.8 cm³/mol. The van der Waals surface area contributed by atoms with Crippen molar-refractivity contribution >= 4 is 51.8 Å². The molecule has 0 fully saturated rings. The van der Waals surface area contributed by atoms with Gasteiger partial charge in [0.15, 0.2) is 11.5 Å². The van der Waals surface area contributed by atoms with E-state index in [0.29, 0.717) is 32.7 Å². The first-order valence-electron chi connectivity index (χ1n) is 5.33. The third-order valence-corrected chi connectivity index (χ3v) is 3.33. The minimum absolute atomic E-state index is 0.125. The number of fused-ring (bicyclic) bond motifs is 1. The third kappa shape index (κ3) is 2.16. The van der Waals surface area contributed by atoms with E-state index in [1.165, 1.54) is 6.33 Å². The standard InChI is InChI=1S/C11H8Cl2N6/c12-5-2-1-3-6(7(5)13)17-10-8-9(16-4-15-8)18-11(14)19-10/h1-4H,(H4,14,15,16,17,18,19). The summed E-state index contributed by atoms with van der Waals surface area (Å²) in [5, 5.41) is 3.93. The molecule has 0 saturated carbocycles. The van der Waals surface area contributed by atoms with E-state index in [1.807, 2.05) is 0 Å². The number of nitrogen functional groups attached to an aromatic ring is 1. The molecule has 0 radical (unpaired) electrons. The summed E-state index contributed by atoms with van der Waals surface area (Å²) in [5.41, 5.74) is 7.38. The van der Waals surface area contributed by atoms with Crippen molar-refractivity contribution in [2.75, 3.05) is 11.1 Å². The Kier molecular flexibility index (Phi) is 2.88. The summed E-state index contributed by atoms with van der Waals surface area (Å²) in [6.07, 6.45) is 1.52. The molecule has 0 aliphatic carbocycles. The molecule has 4 N–H and O–H groups in total. The van der Waals surface area contributed by atoms with Crippen LogP contribution in [0.1, 0.15) is 0 Å². The number of aromatic amines is 1. The van der Waals surface area contributed by atoms with Crippen molar-refractivity contribution in [3.05, 3.63) is 34.6 Å². The monoisotopic (exact) mass is 294 g/mol. The number of hydrogen-bond acceptors (Lipinski definition) is 5. The summed E-state index contributed by atoms with van der Waals surface area (Å²) in [7, 11) is 0. The summed E-state index contributed by atoms with van der Waals surface area (Å²) < 4.78 is 0. The number of H-pyrrole nitrogens is 1. The van der Waals surface area contributed by atoms with Crippen molar-refractivity contribution in [2.24, 2.45) is 0 Å². The Morgan fingerprint density at radius 2 is 2.05 bits per heavy atom. The largest absolute Gasteiger partial charge is 0.368 e. The quantitative estimate of drug-likeness (QED) is 0.676. The third-order valence-electron chi connectivity index (χ3n) is 2.51. The Labute approximate surface area is 118 Å². The number of nitrogens with two attached hydrogens (primary N) is 1. The van der Waals surface area contributed by atoms with Crippen molar-refractivity contribution < 1.29 is 0 Å². The van der Waals surface area contributed by atoms with Gasteiger partial charge in [0.25, 0.3) is 0 Å². The molecule has 6 nitrogen and oxygen atoms in total. The van der Waals surface area contributed by atoms with Crippen molar-refractivity contribution in [1.29, 1.82) is 0 Å². The number of imidazole rings is 1. The van der Waals surface area contributed by atoms with Gasteiger partial charge in [-0.1, -0.05) is 29.3 Å². The Morgan fingerprint density at radius 3 is 2.89 bits per heavy atom. The summed E-state index contributed by atoms with van der Waals surface area (Å²) >= 11 is 12.1. The molecule has 0 bridgehead atoms. The zero-order chi connectivity index (χ0) is 13.4. The normalized spacial score (nSPS) is 10.8. The Balaban J connectivity index is 2.10. The van der Waals surface area contributed by atoms with Gasteiger partial charge in [0, 0.05) is 0 Å². The fraction of sp³-hybridized carbons (Fsp3) is 0. The predicted octanol–water partition coefficient (Wildman–Crippen LogP) is 2.99. The Bertz CT molecular complexity index is 754. The minimum atomic E-state index is 0.125. The summed E-state index contributed by atoms with van der Waals surface area (Å²) in [6.45, 7) is 0. The number of halogens is 2. The number of nitrogens with one attached hydrogen (secondary N) is 2. The molecule has 19 heavy (non-hydrogen) atoms. The molecule has 3 aromatic rings. The Hall–Kier alpha value is -2.05. The van der Waals surface area contributed by atoms with Crippen LogP contribution in [0.3, 0.4) is 0 Å².